The van der Waals surface area contributed by atoms with Crippen molar-refractivity contribution in [2.75, 3.05) is 39.8 Å². The summed E-state index contributed by atoms with van der Waals surface area (Å²) < 4.78 is 0. The van der Waals surface area contributed by atoms with Gasteiger partial charge in [0.15, 0.2) is 5.96 Å². The van der Waals surface area contributed by atoms with E-state index in [1.165, 1.54) is 35.8 Å². The summed E-state index contributed by atoms with van der Waals surface area (Å²) >= 11 is 1.79. The molecule has 0 aromatic carbocycles. The Morgan fingerprint density at radius 3 is 2.50 bits per heavy atom. The Kier molecular flexibility index (Phi) is 10.1. The molecule has 1 saturated heterocycles. The minimum Gasteiger partial charge on any atom is -0.356 e. The lowest BCUT2D eigenvalue weighted by molar-refractivity contribution is 0.195. The van der Waals surface area contributed by atoms with E-state index >= 15 is 0 Å². The normalized spacial score (nSPS) is 16.8. The van der Waals surface area contributed by atoms with E-state index in [2.05, 4.69) is 46.3 Å². The fraction of sp³-hybridized carbons (Fsp3) is 0.765. The van der Waals surface area contributed by atoms with E-state index in [0.717, 1.165) is 43.6 Å². The van der Waals surface area contributed by atoms with E-state index in [4.69, 9.17) is 0 Å². The maximum atomic E-state index is 4.57. The second-order valence-electron chi connectivity index (χ2n) is 6.45. The van der Waals surface area contributed by atoms with Crippen LogP contribution in [0.3, 0.4) is 0 Å². The summed E-state index contributed by atoms with van der Waals surface area (Å²) in [5.74, 6) is 1.78. The number of hydrogen-bond acceptors (Lipinski definition) is 4. The Labute approximate surface area is 167 Å². The molecule has 2 rings (SSSR count). The van der Waals surface area contributed by atoms with Gasteiger partial charge in [-0.15, -0.1) is 35.3 Å². The highest BCUT2D eigenvalue weighted by Gasteiger charge is 2.14. The Morgan fingerprint density at radius 1 is 1.25 bits per heavy atom. The molecule has 0 atom stereocenters. The second-order valence-corrected chi connectivity index (χ2v) is 7.74. The summed E-state index contributed by atoms with van der Waals surface area (Å²) in [6.07, 6.45) is 3.61. The van der Waals surface area contributed by atoms with Gasteiger partial charge in [-0.2, -0.15) is 0 Å². The zero-order valence-corrected chi connectivity index (χ0v) is 18.5. The maximum absolute atomic E-state index is 4.57. The monoisotopic (exact) mass is 465 g/mol. The molecule has 2 N–H and O–H groups in total. The number of hydrogen-bond donors (Lipinski definition) is 2. The molecule has 24 heavy (non-hydrogen) atoms. The van der Waals surface area contributed by atoms with Crippen LogP contribution in [0.4, 0.5) is 0 Å². The van der Waals surface area contributed by atoms with Gasteiger partial charge in [0, 0.05) is 38.0 Å². The standard InChI is InChI=1S/C17H31N5S.HI/c1-13-6-10-22(11-7-13)12-9-20-17(18-4)19-8-5-16-21-14(2)15(3)23-16;/h13H,5-12H2,1-4H3,(H2,18,19,20);1H. The van der Waals surface area contributed by atoms with Crippen LogP contribution < -0.4 is 10.6 Å². The molecule has 1 fully saturated rings. The van der Waals surface area contributed by atoms with Crippen molar-refractivity contribution in [2.24, 2.45) is 10.9 Å². The number of aryl methyl sites for hydroxylation is 2. The van der Waals surface area contributed by atoms with Gasteiger partial charge in [0.2, 0.25) is 0 Å². The smallest absolute Gasteiger partial charge is 0.191 e. The first-order valence-electron chi connectivity index (χ1n) is 8.68. The van der Waals surface area contributed by atoms with E-state index in [-0.39, 0.29) is 24.0 Å². The third kappa shape index (κ3) is 7.23. The highest BCUT2D eigenvalue weighted by molar-refractivity contribution is 14.0. The number of piperidine rings is 1. The molecule has 0 spiro atoms. The molecule has 0 aliphatic carbocycles. The van der Waals surface area contributed by atoms with Crippen molar-refractivity contribution in [1.82, 2.24) is 20.5 Å². The summed E-state index contributed by atoms with van der Waals surface area (Å²) in [5.41, 5.74) is 1.16. The number of aromatic nitrogens is 1. The number of aliphatic imine (C=N–C) groups is 1. The number of guanidine groups is 1. The quantitative estimate of drug-likeness (QED) is 0.386. The molecular formula is C17H32IN5S. The number of nitrogens with zero attached hydrogens (tertiary/aromatic N) is 3. The van der Waals surface area contributed by atoms with Gasteiger partial charge in [-0.25, -0.2) is 4.98 Å². The van der Waals surface area contributed by atoms with Crippen LogP contribution in [0.2, 0.25) is 0 Å². The third-order valence-corrected chi connectivity index (χ3v) is 5.66. The van der Waals surface area contributed by atoms with Gasteiger partial charge in [0.1, 0.15) is 0 Å². The summed E-state index contributed by atoms with van der Waals surface area (Å²) in [4.78, 5) is 12.7. The van der Waals surface area contributed by atoms with Crippen molar-refractivity contribution in [3.63, 3.8) is 0 Å². The minimum absolute atomic E-state index is 0. The van der Waals surface area contributed by atoms with E-state index in [0.29, 0.717) is 0 Å². The molecule has 138 valence electrons. The van der Waals surface area contributed by atoms with Crippen LogP contribution in [0.25, 0.3) is 0 Å². The van der Waals surface area contributed by atoms with Crippen LogP contribution in [0.15, 0.2) is 4.99 Å². The molecule has 1 aliphatic heterocycles. The molecule has 5 nitrogen and oxygen atoms in total. The summed E-state index contributed by atoms with van der Waals surface area (Å²) in [7, 11) is 1.83. The van der Waals surface area contributed by atoms with E-state index < -0.39 is 0 Å². The van der Waals surface area contributed by atoms with E-state index in [1.807, 2.05) is 7.05 Å². The molecule has 7 heteroatoms. The number of halogens is 1. The SMILES string of the molecule is CN=C(NCCc1nc(C)c(C)s1)NCCN1CCC(C)CC1.I. The maximum Gasteiger partial charge on any atom is 0.191 e. The number of rotatable bonds is 6. The van der Waals surface area contributed by atoms with Crippen molar-refractivity contribution < 1.29 is 0 Å². The first-order chi connectivity index (χ1) is 11.1. The first-order valence-corrected chi connectivity index (χ1v) is 9.50. The Hall–Kier alpha value is -0.410. The Bertz CT molecular complexity index is 490. The van der Waals surface area contributed by atoms with Crippen molar-refractivity contribution in [3.05, 3.63) is 15.6 Å². The van der Waals surface area contributed by atoms with Gasteiger partial charge in [-0.1, -0.05) is 6.92 Å². The summed E-state index contributed by atoms with van der Waals surface area (Å²) in [6, 6.07) is 0. The number of likely N-dealkylation sites (tertiary alicyclic amines) is 1. The average Bonchev–Trinajstić information content (AvgIpc) is 2.86. The second kappa shape index (κ2) is 11.3. The van der Waals surface area contributed by atoms with E-state index in [9.17, 15) is 0 Å². The fourth-order valence-electron chi connectivity index (χ4n) is 2.77. The van der Waals surface area contributed by atoms with Crippen molar-refractivity contribution in [1.29, 1.82) is 0 Å². The fourth-order valence-corrected chi connectivity index (χ4v) is 3.71. The highest BCUT2D eigenvalue weighted by atomic mass is 127. The number of nitrogens with one attached hydrogen (secondary N) is 2. The van der Waals surface area contributed by atoms with E-state index in [1.54, 1.807) is 11.3 Å². The Morgan fingerprint density at radius 2 is 1.92 bits per heavy atom. The molecule has 1 aromatic heterocycles. The zero-order chi connectivity index (χ0) is 16.7. The molecule has 0 unspecified atom stereocenters. The topological polar surface area (TPSA) is 52.6 Å². The molecule has 1 aromatic rings. The molecule has 0 amide bonds. The zero-order valence-electron chi connectivity index (χ0n) is 15.4. The Balaban J connectivity index is 0.00000288. The van der Waals surface area contributed by atoms with Crippen LogP contribution >= 0.6 is 35.3 Å². The highest BCUT2D eigenvalue weighted by Crippen LogP contribution is 2.16. The van der Waals surface area contributed by atoms with Crippen LogP contribution in [0.1, 0.15) is 35.3 Å². The number of thiazole rings is 1. The third-order valence-electron chi connectivity index (χ3n) is 4.52. The van der Waals surface area contributed by atoms with Gasteiger partial charge in [-0.05, 0) is 45.7 Å². The van der Waals surface area contributed by atoms with Gasteiger partial charge < -0.3 is 15.5 Å². The summed E-state index contributed by atoms with van der Waals surface area (Å²) in [5, 5.41) is 7.99. The molecule has 0 bridgehead atoms. The predicted octanol–water partition coefficient (Wildman–Crippen LogP) is 2.82. The lowest BCUT2D eigenvalue weighted by Crippen LogP contribution is -2.43. The molecule has 0 radical (unpaired) electrons. The van der Waals surface area contributed by atoms with Gasteiger partial charge >= 0.3 is 0 Å². The van der Waals surface area contributed by atoms with Crippen LogP contribution in [0.5, 0.6) is 0 Å². The summed E-state index contributed by atoms with van der Waals surface area (Å²) in [6.45, 7) is 11.9. The van der Waals surface area contributed by atoms with Crippen molar-refractivity contribution in [2.45, 2.75) is 40.0 Å². The molecule has 1 aliphatic rings. The van der Waals surface area contributed by atoms with Crippen molar-refractivity contribution >= 4 is 41.3 Å². The van der Waals surface area contributed by atoms with Crippen LogP contribution in [0, 0.1) is 19.8 Å². The first kappa shape index (κ1) is 21.6. The largest absolute Gasteiger partial charge is 0.356 e. The lowest BCUT2D eigenvalue weighted by atomic mass is 9.99. The van der Waals surface area contributed by atoms with Crippen molar-refractivity contribution in [3.8, 4) is 0 Å². The average molecular weight is 465 g/mol. The predicted molar refractivity (Wildman–Crippen MR) is 115 cm³/mol. The lowest BCUT2D eigenvalue weighted by Gasteiger charge is -2.30. The molecule has 2 heterocycles. The molecule has 0 saturated carbocycles. The van der Waals surface area contributed by atoms with Crippen LogP contribution in [-0.2, 0) is 6.42 Å². The van der Waals surface area contributed by atoms with Gasteiger partial charge in [0.25, 0.3) is 0 Å². The van der Waals surface area contributed by atoms with Crippen LogP contribution in [-0.4, -0.2) is 55.6 Å². The van der Waals surface area contributed by atoms with Gasteiger partial charge in [0.05, 0.1) is 10.7 Å². The minimum atomic E-state index is 0. The van der Waals surface area contributed by atoms with Gasteiger partial charge in [-0.3, -0.25) is 4.99 Å². The molecular weight excluding hydrogens is 433 g/mol.